The van der Waals surface area contributed by atoms with Gasteiger partial charge in [-0.25, -0.2) is 4.98 Å². The van der Waals surface area contributed by atoms with Crippen LogP contribution in [0.15, 0.2) is 36.5 Å². The fourth-order valence-electron chi connectivity index (χ4n) is 4.91. The van der Waals surface area contributed by atoms with E-state index in [1.165, 1.54) is 36.8 Å². The number of rotatable bonds is 4. The molecule has 1 aromatic heterocycles. The van der Waals surface area contributed by atoms with Crippen molar-refractivity contribution < 1.29 is 9.53 Å². The second kappa shape index (κ2) is 8.76. The van der Waals surface area contributed by atoms with Crippen molar-refractivity contribution in [3.63, 3.8) is 0 Å². The standard InChI is InChI=1S/C25H31N3O2/c29-25(28-14-2-1-3-15-28)23-8-5-13-26-24(23)30-22-10-9-19-11-16-27(21-6-4-7-21)17-12-20(19)18-22/h5,8-10,13,18,21H,1-4,6-7,11-12,14-17H2. The van der Waals surface area contributed by atoms with E-state index in [0.29, 0.717) is 11.4 Å². The first-order valence-electron chi connectivity index (χ1n) is 11.6. The van der Waals surface area contributed by atoms with Gasteiger partial charge in [-0.15, -0.1) is 0 Å². The molecule has 0 atom stereocenters. The van der Waals surface area contributed by atoms with Crippen molar-refractivity contribution >= 4 is 5.91 Å². The predicted molar refractivity (Wildman–Crippen MR) is 117 cm³/mol. The first-order valence-corrected chi connectivity index (χ1v) is 11.6. The molecule has 1 saturated carbocycles. The molecule has 0 N–H and O–H groups in total. The Morgan fingerprint density at radius 2 is 1.73 bits per heavy atom. The van der Waals surface area contributed by atoms with Gasteiger partial charge in [0.25, 0.3) is 5.91 Å². The number of hydrogen-bond donors (Lipinski definition) is 0. The zero-order valence-corrected chi connectivity index (χ0v) is 17.7. The number of benzene rings is 1. The van der Waals surface area contributed by atoms with Crippen molar-refractivity contribution in [1.29, 1.82) is 0 Å². The Labute approximate surface area is 179 Å². The number of pyridine rings is 1. The maximum Gasteiger partial charge on any atom is 0.259 e. The van der Waals surface area contributed by atoms with Crippen LogP contribution in [0.25, 0.3) is 0 Å². The zero-order valence-electron chi connectivity index (χ0n) is 17.7. The molecule has 5 rings (SSSR count). The van der Waals surface area contributed by atoms with Crippen LogP contribution in [0, 0.1) is 0 Å². The summed E-state index contributed by atoms with van der Waals surface area (Å²) in [6.45, 7) is 3.93. The van der Waals surface area contributed by atoms with Crippen molar-refractivity contribution in [2.75, 3.05) is 26.2 Å². The molecule has 1 aromatic carbocycles. The van der Waals surface area contributed by atoms with Crippen LogP contribution in [-0.4, -0.2) is 52.9 Å². The number of nitrogens with zero attached hydrogens (tertiary/aromatic N) is 3. The lowest BCUT2D eigenvalue weighted by Gasteiger charge is -2.36. The fourth-order valence-corrected chi connectivity index (χ4v) is 4.91. The van der Waals surface area contributed by atoms with E-state index in [-0.39, 0.29) is 5.91 Å². The smallest absolute Gasteiger partial charge is 0.259 e. The van der Waals surface area contributed by atoms with Gasteiger partial charge in [0.1, 0.15) is 11.3 Å². The minimum absolute atomic E-state index is 0.0312. The molecule has 3 heterocycles. The quantitative estimate of drug-likeness (QED) is 0.754. The minimum atomic E-state index is 0.0312. The molecule has 2 fully saturated rings. The van der Waals surface area contributed by atoms with Crippen LogP contribution in [0.3, 0.4) is 0 Å². The molecule has 5 heteroatoms. The molecule has 1 amide bonds. The largest absolute Gasteiger partial charge is 0.438 e. The second-order valence-electron chi connectivity index (χ2n) is 8.86. The van der Waals surface area contributed by atoms with Crippen LogP contribution in [0.4, 0.5) is 0 Å². The van der Waals surface area contributed by atoms with Gasteiger partial charge in [0.05, 0.1) is 0 Å². The van der Waals surface area contributed by atoms with Crippen LogP contribution >= 0.6 is 0 Å². The summed E-state index contributed by atoms with van der Waals surface area (Å²) in [5.74, 6) is 1.22. The van der Waals surface area contributed by atoms with Crippen LogP contribution in [0.2, 0.25) is 0 Å². The van der Waals surface area contributed by atoms with Crippen LogP contribution in [-0.2, 0) is 12.8 Å². The molecule has 2 aromatic rings. The Bertz CT molecular complexity index is 903. The topological polar surface area (TPSA) is 45.7 Å². The summed E-state index contributed by atoms with van der Waals surface area (Å²) in [6, 6.07) is 10.8. The highest BCUT2D eigenvalue weighted by molar-refractivity contribution is 5.96. The van der Waals surface area contributed by atoms with E-state index in [1.807, 2.05) is 23.1 Å². The average Bonchev–Trinajstić information content (AvgIpc) is 2.96. The summed E-state index contributed by atoms with van der Waals surface area (Å²) >= 11 is 0. The number of likely N-dealkylation sites (tertiary alicyclic amines) is 1. The second-order valence-corrected chi connectivity index (χ2v) is 8.86. The summed E-state index contributed by atoms with van der Waals surface area (Å²) in [5, 5.41) is 0. The summed E-state index contributed by atoms with van der Waals surface area (Å²) in [4.78, 5) is 22.0. The molecule has 0 spiro atoms. The third kappa shape index (κ3) is 4.08. The van der Waals surface area contributed by atoms with Gasteiger partial charge in [0.15, 0.2) is 0 Å². The first-order chi connectivity index (χ1) is 14.8. The number of aromatic nitrogens is 1. The first kappa shape index (κ1) is 19.6. The van der Waals surface area contributed by atoms with Gasteiger partial charge in [0, 0.05) is 38.4 Å². The lowest BCUT2D eigenvalue weighted by atomic mass is 9.91. The molecule has 0 bridgehead atoms. The van der Waals surface area contributed by atoms with Gasteiger partial charge in [-0.3, -0.25) is 9.69 Å². The number of piperidine rings is 1. The highest BCUT2D eigenvalue weighted by Crippen LogP contribution is 2.30. The van der Waals surface area contributed by atoms with Crippen LogP contribution in [0.5, 0.6) is 11.6 Å². The van der Waals surface area contributed by atoms with Gasteiger partial charge in [-0.1, -0.05) is 12.5 Å². The Hall–Kier alpha value is -2.40. The van der Waals surface area contributed by atoms with Gasteiger partial charge in [0.2, 0.25) is 5.88 Å². The minimum Gasteiger partial charge on any atom is -0.438 e. The van der Waals surface area contributed by atoms with Gasteiger partial charge in [-0.05, 0) is 80.3 Å². The lowest BCUT2D eigenvalue weighted by molar-refractivity contribution is 0.0721. The third-order valence-electron chi connectivity index (χ3n) is 6.96. The van der Waals surface area contributed by atoms with E-state index in [9.17, 15) is 4.79 Å². The number of carbonyl (C=O) groups is 1. The van der Waals surface area contributed by atoms with Crippen LogP contribution < -0.4 is 4.74 Å². The van der Waals surface area contributed by atoms with E-state index >= 15 is 0 Å². The monoisotopic (exact) mass is 405 g/mol. The van der Waals surface area contributed by atoms with Crippen molar-refractivity contribution in [3.05, 3.63) is 53.2 Å². The van der Waals surface area contributed by atoms with E-state index in [0.717, 1.165) is 63.7 Å². The molecule has 30 heavy (non-hydrogen) atoms. The Kier molecular flexibility index (Phi) is 5.71. The number of ether oxygens (including phenoxy) is 1. The van der Waals surface area contributed by atoms with Crippen molar-refractivity contribution in [3.8, 4) is 11.6 Å². The van der Waals surface area contributed by atoms with Gasteiger partial charge in [-0.2, -0.15) is 0 Å². The normalized spacial score (nSPS) is 20.2. The number of hydrogen-bond acceptors (Lipinski definition) is 4. The van der Waals surface area contributed by atoms with Crippen molar-refractivity contribution in [2.24, 2.45) is 0 Å². The predicted octanol–water partition coefficient (Wildman–Crippen LogP) is 4.45. The molecule has 3 aliphatic rings. The fraction of sp³-hybridized carbons (Fsp3) is 0.520. The Morgan fingerprint density at radius 1 is 0.933 bits per heavy atom. The van der Waals surface area contributed by atoms with E-state index in [2.05, 4.69) is 22.0 Å². The van der Waals surface area contributed by atoms with Gasteiger partial charge < -0.3 is 9.64 Å². The van der Waals surface area contributed by atoms with E-state index in [4.69, 9.17) is 4.74 Å². The van der Waals surface area contributed by atoms with E-state index < -0.39 is 0 Å². The summed E-state index contributed by atoms with van der Waals surface area (Å²) in [5.41, 5.74) is 3.36. The number of fused-ring (bicyclic) bond motifs is 1. The van der Waals surface area contributed by atoms with Crippen molar-refractivity contribution in [1.82, 2.24) is 14.8 Å². The lowest BCUT2D eigenvalue weighted by Crippen LogP contribution is -2.41. The maximum atomic E-state index is 13.0. The zero-order chi connectivity index (χ0) is 20.3. The molecule has 158 valence electrons. The number of amides is 1. The highest BCUT2D eigenvalue weighted by atomic mass is 16.5. The average molecular weight is 406 g/mol. The van der Waals surface area contributed by atoms with Crippen molar-refractivity contribution in [2.45, 2.75) is 57.4 Å². The molecular weight excluding hydrogens is 374 g/mol. The third-order valence-corrected chi connectivity index (χ3v) is 6.96. The summed E-state index contributed by atoms with van der Waals surface area (Å²) in [6.07, 6.45) is 11.3. The molecular formula is C25H31N3O2. The Morgan fingerprint density at radius 3 is 2.50 bits per heavy atom. The molecule has 5 nitrogen and oxygen atoms in total. The molecule has 1 saturated heterocycles. The molecule has 0 unspecified atom stereocenters. The maximum absolute atomic E-state index is 13.0. The Balaban J connectivity index is 1.32. The van der Waals surface area contributed by atoms with E-state index in [1.54, 1.807) is 6.20 Å². The SMILES string of the molecule is O=C(c1cccnc1Oc1ccc2c(c1)CCN(C1CCC1)CC2)N1CCCCC1. The molecule has 1 aliphatic carbocycles. The molecule has 2 aliphatic heterocycles. The summed E-state index contributed by atoms with van der Waals surface area (Å²) in [7, 11) is 0. The number of carbonyl (C=O) groups excluding carboxylic acids is 1. The molecule has 0 radical (unpaired) electrons. The summed E-state index contributed by atoms with van der Waals surface area (Å²) < 4.78 is 6.16. The van der Waals surface area contributed by atoms with Crippen LogP contribution in [0.1, 0.15) is 60.0 Å². The van der Waals surface area contributed by atoms with Gasteiger partial charge >= 0.3 is 0 Å². The highest BCUT2D eigenvalue weighted by Gasteiger charge is 2.27.